The van der Waals surface area contributed by atoms with Gasteiger partial charge in [-0.25, -0.2) is 0 Å². The van der Waals surface area contributed by atoms with Crippen LogP contribution in [0.15, 0.2) is 24.3 Å². The first-order valence-electron chi connectivity index (χ1n) is 6.35. The zero-order valence-electron chi connectivity index (χ0n) is 10.5. The van der Waals surface area contributed by atoms with Gasteiger partial charge in [0.05, 0.1) is 6.61 Å². The van der Waals surface area contributed by atoms with Crippen molar-refractivity contribution in [3.8, 4) is 0 Å². The molecule has 3 nitrogen and oxygen atoms in total. The van der Waals surface area contributed by atoms with Crippen LogP contribution in [0.4, 0.5) is 0 Å². The van der Waals surface area contributed by atoms with Crippen LogP contribution in [0.3, 0.4) is 0 Å². The number of nitrogens with one attached hydrogen (secondary N) is 1. The molecule has 1 atom stereocenters. The molecule has 3 N–H and O–H groups in total. The van der Waals surface area contributed by atoms with Crippen molar-refractivity contribution in [3.63, 3.8) is 0 Å². The molecule has 1 aliphatic rings. The molecular weight excluding hydrogens is 212 g/mol. The van der Waals surface area contributed by atoms with Crippen LogP contribution in [0, 0.1) is 5.92 Å². The van der Waals surface area contributed by atoms with Gasteiger partial charge in [0.2, 0.25) is 0 Å². The molecule has 94 valence electrons. The number of hydrogen-bond donors (Lipinski definition) is 2. The molecule has 1 aromatic carbocycles. The topological polar surface area (TPSA) is 47.3 Å². The van der Waals surface area contributed by atoms with Crippen LogP contribution in [0.2, 0.25) is 0 Å². The van der Waals surface area contributed by atoms with E-state index in [-0.39, 0.29) is 6.04 Å². The van der Waals surface area contributed by atoms with E-state index in [2.05, 4.69) is 23.5 Å². The van der Waals surface area contributed by atoms with Crippen LogP contribution in [0.1, 0.15) is 30.0 Å². The zero-order valence-corrected chi connectivity index (χ0v) is 10.5. The Morgan fingerprint density at radius 3 is 2.82 bits per heavy atom. The molecule has 0 spiro atoms. The third-order valence-electron chi connectivity index (χ3n) is 3.32. The highest BCUT2D eigenvalue weighted by Gasteiger charge is 2.22. The van der Waals surface area contributed by atoms with Gasteiger partial charge in [0.25, 0.3) is 0 Å². The van der Waals surface area contributed by atoms with Gasteiger partial charge in [0, 0.05) is 19.7 Å². The Kier molecular flexibility index (Phi) is 4.54. The van der Waals surface area contributed by atoms with Gasteiger partial charge in [-0.2, -0.15) is 0 Å². The number of rotatable bonds is 7. The molecule has 0 radical (unpaired) electrons. The highest BCUT2D eigenvalue weighted by Crippen LogP contribution is 2.29. The summed E-state index contributed by atoms with van der Waals surface area (Å²) in [4.78, 5) is 0. The molecule has 0 amide bonds. The lowest BCUT2D eigenvalue weighted by atomic mass is 10.0. The molecule has 3 heteroatoms. The summed E-state index contributed by atoms with van der Waals surface area (Å²) in [6.07, 6.45) is 2.73. The minimum absolute atomic E-state index is 0.252. The normalized spacial score (nSPS) is 17.1. The number of nitrogens with two attached hydrogens (primary N) is 1. The van der Waals surface area contributed by atoms with E-state index in [4.69, 9.17) is 10.5 Å². The van der Waals surface area contributed by atoms with Crippen molar-refractivity contribution in [1.82, 2.24) is 5.32 Å². The first-order chi connectivity index (χ1) is 8.35. The molecule has 2 rings (SSSR count). The third kappa shape index (κ3) is 3.53. The van der Waals surface area contributed by atoms with Crippen LogP contribution < -0.4 is 11.1 Å². The van der Waals surface area contributed by atoms with Crippen molar-refractivity contribution in [2.24, 2.45) is 11.7 Å². The fraction of sp³-hybridized carbons (Fsp3) is 0.571. The van der Waals surface area contributed by atoms with Crippen molar-refractivity contribution in [3.05, 3.63) is 35.4 Å². The van der Waals surface area contributed by atoms with Gasteiger partial charge < -0.3 is 15.8 Å². The van der Waals surface area contributed by atoms with E-state index >= 15 is 0 Å². The fourth-order valence-corrected chi connectivity index (χ4v) is 2.11. The number of hydrogen-bond acceptors (Lipinski definition) is 3. The summed E-state index contributed by atoms with van der Waals surface area (Å²) in [5.74, 6) is 0.874. The molecule has 1 saturated carbocycles. The molecule has 0 saturated heterocycles. The van der Waals surface area contributed by atoms with Crippen molar-refractivity contribution in [2.45, 2.75) is 25.5 Å². The molecule has 17 heavy (non-hydrogen) atoms. The second kappa shape index (κ2) is 6.15. The van der Waals surface area contributed by atoms with Gasteiger partial charge in [-0.1, -0.05) is 24.3 Å². The van der Waals surface area contributed by atoms with Crippen molar-refractivity contribution in [2.75, 3.05) is 20.2 Å². The average molecular weight is 234 g/mol. The lowest BCUT2D eigenvalue weighted by Gasteiger charge is -2.20. The second-order valence-corrected chi connectivity index (χ2v) is 4.77. The molecule has 1 aromatic rings. The minimum atomic E-state index is 0.252. The smallest absolute Gasteiger partial charge is 0.0716 e. The van der Waals surface area contributed by atoms with Crippen molar-refractivity contribution >= 4 is 0 Å². The summed E-state index contributed by atoms with van der Waals surface area (Å²) >= 11 is 0. The fourth-order valence-electron chi connectivity index (χ4n) is 2.11. The monoisotopic (exact) mass is 234 g/mol. The van der Waals surface area contributed by atoms with E-state index in [9.17, 15) is 0 Å². The summed E-state index contributed by atoms with van der Waals surface area (Å²) in [5, 5.41) is 3.57. The lowest BCUT2D eigenvalue weighted by molar-refractivity contribution is 0.183. The van der Waals surface area contributed by atoms with E-state index in [0.29, 0.717) is 13.2 Å². The number of benzene rings is 1. The molecule has 0 aliphatic heterocycles. The maximum atomic E-state index is 5.87. The summed E-state index contributed by atoms with van der Waals surface area (Å²) in [6.45, 7) is 2.37. The third-order valence-corrected chi connectivity index (χ3v) is 3.32. The van der Waals surface area contributed by atoms with E-state index in [1.807, 2.05) is 6.07 Å². The highest BCUT2D eigenvalue weighted by molar-refractivity contribution is 5.29. The lowest BCUT2D eigenvalue weighted by Crippen LogP contribution is -2.30. The van der Waals surface area contributed by atoms with Gasteiger partial charge in [-0.3, -0.25) is 0 Å². The van der Waals surface area contributed by atoms with Crippen LogP contribution >= 0.6 is 0 Å². The number of methoxy groups -OCH3 is 1. The second-order valence-electron chi connectivity index (χ2n) is 4.77. The molecule has 0 bridgehead atoms. The van der Waals surface area contributed by atoms with Gasteiger partial charge in [-0.05, 0) is 36.4 Å². The number of ether oxygens (including phenoxy) is 1. The van der Waals surface area contributed by atoms with Gasteiger partial charge in [0.15, 0.2) is 0 Å². The summed E-state index contributed by atoms with van der Waals surface area (Å²) in [7, 11) is 1.73. The maximum absolute atomic E-state index is 5.87. The average Bonchev–Trinajstić information content (AvgIpc) is 3.16. The molecule has 1 unspecified atom stereocenters. The highest BCUT2D eigenvalue weighted by atomic mass is 16.5. The summed E-state index contributed by atoms with van der Waals surface area (Å²) < 4.78 is 5.23. The Labute approximate surface area is 103 Å². The Balaban J connectivity index is 2.04. The Bertz CT molecular complexity index is 350. The predicted molar refractivity (Wildman–Crippen MR) is 69.7 cm³/mol. The summed E-state index contributed by atoms with van der Waals surface area (Å²) in [5.41, 5.74) is 8.38. The standard InChI is InChI=1S/C14H22N2O/c1-17-10-12-4-2-3-5-13(12)14(8-15)16-9-11-6-7-11/h2-5,11,14,16H,6-10,15H2,1H3. The molecule has 1 aliphatic carbocycles. The predicted octanol–water partition coefficient (Wildman–Crippen LogP) is 1.83. The van der Waals surface area contributed by atoms with Gasteiger partial charge in [-0.15, -0.1) is 0 Å². The maximum Gasteiger partial charge on any atom is 0.0716 e. The molecule has 0 heterocycles. The molecular formula is C14H22N2O. The van der Waals surface area contributed by atoms with E-state index < -0.39 is 0 Å². The molecule has 0 aromatic heterocycles. The zero-order chi connectivity index (χ0) is 12.1. The SMILES string of the molecule is COCc1ccccc1C(CN)NCC1CC1. The van der Waals surface area contributed by atoms with Crippen LogP contribution in [-0.2, 0) is 11.3 Å². The van der Waals surface area contributed by atoms with Gasteiger partial charge in [0.1, 0.15) is 0 Å². The largest absolute Gasteiger partial charge is 0.380 e. The first kappa shape index (κ1) is 12.6. The minimum Gasteiger partial charge on any atom is -0.380 e. The van der Waals surface area contributed by atoms with Gasteiger partial charge >= 0.3 is 0 Å². The summed E-state index contributed by atoms with van der Waals surface area (Å²) in [6, 6.07) is 8.62. The molecule has 1 fully saturated rings. The van der Waals surface area contributed by atoms with E-state index in [1.165, 1.54) is 24.0 Å². The van der Waals surface area contributed by atoms with Crippen molar-refractivity contribution < 1.29 is 4.74 Å². The quantitative estimate of drug-likeness (QED) is 0.756. The Hall–Kier alpha value is -0.900. The van der Waals surface area contributed by atoms with Crippen molar-refractivity contribution in [1.29, 1.82) is 0 Å². The van der Waals surface area contributed by atoms with E-state index in [1.54, 1.807) is 7.11 Å². The van der Waals surface area contributed by atoms with Crippen LogP contribution in [0.5, 0.6) is 0 Å². The Morgan fingerprint density at radius 2 is 2.18 bits per heavy atom. The first-order valence-corrected chi connectivity index (χ1v) is 6.35. The Morgan fingerprint density at radius 1 is 1.41 bits per heavy atom. The van der Waals surface area contributed by atoms with Crippen LogP contribution in [0.25, 0.3) is 0 Å². The van der Waals surface area contributed by atoms with E-state index in [0.717, 1.165) is 12.5 Å². The van der Waals surface area contributed by atoms with Crippen LogP contribution in [-0.4, -0.2) is 20.2 Å².